The smallest absolute Gasteiger partial charge is 0.335 e. The van der Waals surface area contributed by atoms with Crippen molar-refractivity contribution in [2.45, 2.75) is 6.43 Å². The first-order valence-corrected chi connectivity index (χ1v) is 9.57. The molecule has 0 aliphatic rings. The molecule has 32 heavy (non-hydrogen) atoms. The van der Waals surface area contributed by atoms with E-state index < -0.39 is 18.0 Å². The second-order valence-electron chi connectivity index (χ2n) is 7.04. The Morgan fingerprint density at radius 3 is 2.44 bits per heavy atom. The van der Waals surface area contributed by atoms with Gasteiger partial charge < -0.3 is 5.11 Å². The van der Waals surface area contributed by atoms with E-state index in [0.717, 1.165) is 28.7 Å². The average molecular weight is 427 g/mol. The zero-order chi connectivity index (χ0) is 22.7. The molecule has 4 nitrogen and oxygen atoms in total. The monoisotopic (exact) mass is 427 g/mol. The number of alkyl halides is 2. The molecule has 0 aliphatic carbocycles. The fourth-order valence-corrected chi connectivity index (χ4v) is 3.36. The maximum Gasteiger partial charge on any atom is 0.335 e. The molecule has 4 rings (SSSR count). The van der Waals surface area contributed by atoms with E-state index in [1.165, 1.54) is 12.1 Å². The highest BCUT2D eigenvalue weighted by Gasteiger charge is 2.13. The summed E-state index contributed by atoms with van der Waals surface area (Å²) in [5.41, 5.74) is 2.06. The van der Waals surface area contributed by atoms with Gasteiger partial charge in [0.15, 0.2) is 0 Å². The van der Waals surface area contributed by atoms with E-state index in [1.54, 1.807) is 24.4 Å². The Morgan fingerprint density at radius 1 is 0.969 bits per heavy atom. The van der Waals surface area contributed by atoms with Crippen LogP contribution in [0.2, 0.25) is 0 Å². The number of aromatic carboxylic acids is 1. The second kappa shape index (κ2) is 8.78. The van der Waals surface area contributed by atoms with E-state index in [0.29, 0.717) is 16.8 Å². The first-order chi connectivity index (χ1) is 15.4. The van der Waals surface area contributed by atoms with Gasteiger partial charge in [-0.3, -0.25) is 9.78 Å². The van der Waals surface area contributed by atoms with Crippen molar-refractivity contribution in [1.29, 1.82) is 0 Å². The number of carboxylic acid groups (broad SMARTS) is 1. The molecule has 0 aliphatic heterocycles. The number of pyridine rings is 1. The van der Waals surface area contributed by atoms with Gasteiger partial charge in [0.1, 0.15) is 6.29 Å². The molecule has 0 saturated heterocycles. The van der Waals surface area contributed by atoms with Crippen LogP contribution in [-0.2, 0) is 0 Å². The Kier molecular flexibility index (Phi) is 5.73. The van der Waals surface area contributed by atoms with E-state index in [9.17, 15) is 18.4 Å². The zero-order valence-electron chi connectivity index (χ0n) is 16.5. The SMILES string of the molecule is O=Cc1cc(-c2ccc(C#Cc3cc(C(=O)O)cc(C(F)F)c3)cn2)c2ccccc2c1. The van der Waals surface area contributed by atoms with Gasteiger partial charge in [0.2, 0.25) is 0 Å². The molecule has 0 spiro atoms. The van der Waals surface area contributed by atoms with E-state index in [2.05, 4.69) is 16.8 Å². The van der Waals surface area contributed by atoms with Gasteiger partial charge in [-0.05, 0) is 53.2 Å². The quantitative estimate of drug-likeness (QED) is 0.333. The lowest BCUT2D eigenvalue weighted by atomic mass is 9.98. The van der Waals surface area contributed by atoms with Crippen molar-refractivity contribution in [2.75, 3.05) is 0 Å². The average Bonchev–Trinajstić information content (AvgIpc) is 2.82. The Labute approximate surface area is 182 Å². The number of benzene rings is 3. The van der Waals surface area contributed by atoms with Crippen LogP contribution in [-0.4, -0.2) is 22.3 Å². The number of hydrogen-bond donors (Lipinski definition) is 1. The van der Waals surface area contributed by atoms with Crippen molar-refractivity contribution in [3.63, 3.8) is 0 Å². The third-order valence-corrected chi connectivity index (χ3v) is 4.87. The number of carboxylic acids is 1. The topological polar surface area (TPSA) is 67.3 Å². The molecular formula is C26H15F2NO3. The molecule has 4 aromatic rings. The summed E-state index contributed by atoms with van der Waals surface area (Å²) < 4.78 is 26.1. The van der Waals surface area contributed by atoms with Crippen LogP contribution >= 0.6 is 0 Å². The summed E-state index contributed by atoms with van der Waals surface area (Å²) in [7, 11) is 0. The summed E-state index contributed by atoms with van der Waals surface area (Å²) in [6.45, 7) is 0. The number of nitrogens with zero attached hydrogens (tertiary/aromatic N) is 1. The van der Waals surface area contributed by atoms with Crippen molar-refractivity contribution in [3.05, 3.63) is 101 Å². The van der Waals surface area contributed by atoms with Crippen LogP contribution < -0.4 is 0 Å². The van der Waals surface area contributed by atoms with E-state index in [4.69, 9.17) is 5.11 Å². The number of aldehydes is 1. The van der Waals surface area contributed by atoms with Crippen LogP contribution in [0, 0.1) is 11.8 Å². The summed E-state index contributed by atoms with van der Waals surface area (Å²) in [5.74, 6) is 4.25. The maximum absolute atomic E-state index is 13.1. The molecule has 0 radical (unpaired) electrons. The predicted molar refractivity (Wildman–Crippen MR) is 117 cm³/mol. The Hall–Kier alpha value is -4.37. The van der Waals surface area contributed by atoms with Gasteiger partial charge in [-0.1, -0.05) is 36.1 Å². The highest BCUT2D eigenvalue weighted by atomic mass is 19.3. The van der Waals surface area contributed by atoms with Crippen LogP contribution in [0.4, 0.5) is 8.78 Å². The number of carbonyl (C=O) groups excluding carboxylic acids is 1. The molecule has 1 aromatic heterocycles. The largest absolute Gasteiger partial charge is 0.478 e. The third-order valence-electron chi connectivity index (χ3n) is 4.87. The van der Waals surface area contributed by atoms with Gasteiger partial charge in [0.05, 0.1) is 11.3 Å². The summed E-state index contributed by atoms with van der Waals surface area (Å²) in [6, 6.07) is 18.1. The Balaban J connectivity index is 1.69. The van der Waals surface area contributed by atoms with E-state index in [-0.39, 0.29) is 11.1 Å². The van der Waals surface area contributed by atoms with Gasteiger partial charge >= 0.3 is 5.97 Å². The number of halogens is 2. The van der Waals surface area contributed by atoms with E-state index >= 15 is 0 Å². The highest BCUT2D eigenvalue weighted by Crippen LogP contribution is 2.29. The molecule has 6 heteroatoms. The molecule has 156 valence electrons. The van der Waals surface area contributed by atoms with Gasteiger partial charge in [-0.2, -0.15) is 0 Å². The van der Waals surface area contributed by atoms with Crippen molar-refractivity contribution < 1.29 is 23.5 Å². The molecule has 0 saturated carbocycles. The van der Waals surface area contributed by atoms with Crippen molar-refractivity contribution in [1.82, 2.24) is 4.98 Å². The minimum Gasteiger partial charge on any atom is -0.478 e. The van der Waals surface area contributed by atoms with Gasteiger partial charge in [0, 0.05) is 34.0 Å². The summed E-state index contributed by atoms with van der Waals surface area (Å²) in [5, 5.41) is 11.0. The molecule has 1 heterocycles. The van der Waals surface area contributed by atoms with Crippen molar-refractivity contribution in [3.8, 4) is 23.1 Å². The van der Waals surface area contributed by atoms with Crippen LogP contribution in [0.3, 0.4) is 0 Å². The lowest BCUT2D eigenvalue weighted by Crippen LogP contribution is -1.99. The molecule has 0 fully saturated rings. The summed E-state index contributed by atoms with van der Waals surface area (Å²) >= 11 is 0. The van der Waals surface area contributed by atoms with Crippen LogP contribution in [0.25, 0.3) is 22.0 Å². The fourth-order valence-electron chi connectivity index (χ4n) is 3.36. The molecule has 0 amide bonds. The molecule has 3 aromatic carbocycles. The molecular weight excluding hydrogens is 412 g/mol. The minimum absolute atomic E-state index is 0.175. The summed E-state index contributed by atoms with van der Waals surface area (Å²) in [6.07, 6.45) is -0.471. The van der Waals surface area contributed by atoms with Gasteiger partial charge in [-0.15, -0.1) is 0 Å². The van der Waals surface area contributed by atoms with Crippen LogP contribution in [0.15, 0.2) is 72.9 Å². The van der Waals surface area contributed by atoms with Gasteiger partial charge in [0.25, 0.3) is 6.43 Å². The fraction of sp³-hybridized carbons (Fsp3) is 0.0385. The zero-order valence-corrected chi connectivity index (χ0v) is 16.5. The minimum atomic E-state index is -2.80. The predicted octanol–water partition coefficient (Wildman–Crippen LogP) is 5.75. The van der Waals surface area contributed by atoms with E-state index in [1.807, 2.05) is 30.3 Å². The van der Waals surface area contributed by atoms with Crippen LogP contribution in [0.5, 0.6) is 0 Å². The Bertz CT molecular complexity index is 1400. The number of hydrogen-bond acceptors (Lipinski definition) is 3. The number of rotatable bonds is 4. The lowest BCUT2D eigenvalue weighted by molar-refractivity contribution is 0.0696. The number of carbonyl (C=O) groups is 2. The Morgan fingerprint density at radius 2 is 1.75 bits per heavy atom. The summed E-state index contributed by atoms with van der Waals surface area (Å²) in [4.78, 5) is 27.0. The van der Waals surface area contributed by atoms with Crippen molar-refractivity contribution >= 4 is 23.0 Å². The standard InChI is InChI=1S/C26H15F2NO3/c27-25(28)20-9-17(10-21(13-20)26(31)32)6-5-16-7-8-24(29-14-16)23-12-18(15-30)11-19-3-1-2-4-22(19)23/h1-4,7-15,25H,(H,31,32). The lowest BCUT2D eigenvalue weighted by Gasteiger charge is -2.07. The first kappa shape index (κ1) is 20.9. The third kappa shape index (κ3) is 4.37. The molecule has 1 N–H and O–H groups in total. The number of aromatic nitrogens is 1. The van der Waals surface area contributed by atoms with Gasteiger partial charge in [-0.25, -0.2) is 13.6 Å². The van der Waals surface area contributed by atoms with Crippen LogP contribution in [0.1, 0.15) is 43.8 Å². The highest BCUT2D eigenvalue weighted by molar-refractivity contribution is 5.99. The molecule has 0 bridgehead atoms. The normalized spacial score (nSPS) is 10.6. The molecule has 0 atom stereocenters. The first-order valence-electron chi connectivity index (χ1n) is 9.57. The second-order valence-corrected chi connectivity index (χ2v) is 7.04. The molecule has 0 unspecified atom stereocenters. The number of fused-ring (bicyclic) bond motifs is 1. The maximum atomic E-state index is 13.1. The van der Waals surface area contributed by atoms with Crippen molar-refractivity contribution in [2.24, 2.45) is 0 Å².